The van der Waals surface area contributed by atoms with Crippen LogP contribution in [0.25, 0.3) is 0 Å². The van der Waals surface area contributed by atoms with Gasteiger partial charge in [0.05, 0.1) is 12.7 Å². The number of ether oxygens (including phenoxy) is 2. The number of alkyl halides is 7. The van der Waals surface area contributed by atoms with E-state index in [9.17, 15) is 35.5 Å². The van der Waals surface area contributed by atoms with Gasteiger partial charge < -0.3 is 14.8 Å². The fourth-order valence-corrected chi connectivity index (χ4v) is 5.08. The number of fused-ring (bicyclic) bond motifs is 2. The van der Waals surface area contributed by atoms with E-state index in [2.05, 4.69) is 15.0 Å². The van der Waals surface area contributed by atoms with Crippen molar-refractivity contribution in [1.29, 1.82) is 0 Å². The Morgan fingerprint density at radius 3 is 2.03 bits per heavy atom. The zero-order valence-electron chi connectivity index (χ0n) is 20.4. The largest absolute Gasteiger partial charge is 0.487 e. The number of carbonyl (C=O) groups excluding carboxylic acids is 1. The molecule has 2 aromatic rings. The van der Waals surface area contributed by atoms with Gasteiger partial charge in [0, 0.05) is 30.4 Å². The van der Waals surface area contributed by atoms with Gasteiger partial charge in [-0.3, -0.25) is 4.90 Å². The van der Waals surface area contributed by atoms with Crippen molar-refractivity contribution in [2.75, 3.05) is 19.0 Å². The number of hydrogen-bond donors (Lipinski definition) is 1. The van der Waals surface area contributed by atoms with Gasteiger partial charge in [-0.1, -0.05) is 12.1 Å². The summed E-state index contributed by atoms with van der Waals surface area (Å²) in [4.78, 5) is 14.1. The van der Waals surface area contributed by atoms with E-state index in [1.54, 1.807) is 12.1 Å². The van der Waals surface area contributed by atoms with Crippen LogP contribution in [0.5, 0.6) is 5.75 Å². The summed E-state index contributed by atoms with van der Waals surface area (Å²) >= 11 is 0. The van der Waals surface area contributed by atoms with E-state index < -0.39 is 24.6 Å². The number of rotatable bonds is 9. The maximum Gasteiger partial charge on any atom is 0.460 e. The Labute approximate surface area is 214 Å². The van der Waals surface area contributed by atoms with E-state index in [1.165, 1.54) is 31.4 Å². The molecule has 12 heteroatoms. The van der Waals surface area contributed by atoms with Crippen LogP contribution in [0.2, 0.25) is 0 Å². The fourth-order valence-electron chi connectivity index (χ4n) is 5.08. The Bertz CT molecular complexity index is 1090. The second-order valence-electron chi connectivity index (χ2n) is 9.65. The predicted molar refractivity (Wildman–Crippen MR) is 125 cm³/mol. The summed E-state index contributed by atoms with van der Waals surface area (Å²) in [5, 5.41) is 3.39. The third-order valence-corrected chi connectivity index (χ3v) is 7.09. The minimum absolute atomic E-state index is 0.145. The lowest BCUT2D eigenvalue weighted by Gasteiger charge is -2.39. The van der Waals surface area contributed by atoms with Crippen molar-refractivity contribution in [3.05, 3.63) is 59.7 Å². The van der Waals surface area contributed by atoms with Crippen LogP contribution < -0.4 is 10.1 Å². The van der Waals surface area contributed by atoms with Gasteiger partial charge >= 0.3 is 24.0 Å². The first-order valence-corrected chi connectivity index (χ1v) is 12.1. The topological polar surface area (TPSA) is 50.8 Å². The highest BCUT2D eigenvalue weighted by atomic mass is 19.4. The number of piperidine rings is 1. The minimum atomic E-state index is -6.39. The fraction of sp³-hybridized carbons (Fsp3) is 0.500. The van der Waals surface area contributed by atoms with Crippen LogP contribution in [0.15, 0.2) is 48.5 Å². The Balaban J connectivity index is 1.29. The van der Waals surface area contributed by atoms with Crippen molar-refractivity contribution in [3.8, 4) is 5.75 Å². The number of anilines is 1. The molecule has 4 rings (SSSR count). The van der Waals surface area contributed by atoms with E-state index in [-0.39, 0.29) is 17.8 Å². The molecule has 2 fully saturated rings. The maximum absolute atomic E-state index is 13.5. The third-order valence-electron chi connectivity index (χ3n) is 7.09. The van der Waals surface area contributed by atoms with E-state index >= 15 is 0 Å². The quantitative estimate of drug-likeness (QED) is 0.295. The lowest BCUT2D eigenvalue weighted by atomic mass is 9.96. The Hall–Kier alpha value is -3.02. The number of nitrogens with zero attached hydrogens (tertiary/aromatic N) is 1. The van der Waals surface area contributed by atoms with Crippen LogP contribution in [-0.4, -0.2) is 60.7 Å². The van der Waals surface area contributed by atoms with Gasteiger partial charge in [-0.25, -0.2) is 4.79 Å². The van der Waals surface area contributed by atoms with Crippen molar-refractivity contribution in [2.45, 2.75) is 68.4 Å². The van der Waals surface area contributed by atoms with E-state index in [0.717, 1.165) is 37.8 Å². The second-order valence-corrected chi connectivity index (χ2v) is 9.65. The molecule has 2 aliphatic rings. The zero-order chi connectivity index (χ0) is 27.7. The van der Waals surface area contributed by atoms with Gasteiger partial charge in [0.25, 0.3) is 0 Å². The van der Waals surface area contributed by atoms with Gasteiger partial charge in [0.2, 0.25) is 0 Å². The molecule has 0 radical (unpaired) electrons. The van der Waals surface area contributed by atoms with Gasteiger partial charge in [-0.2, -0.15) is 30.7 Å². The van der Waals surface area contributed by atoms with Crippen LogP contribution in [-0.2, 0) is 11.3 Å². The third kappa shape index (κ3) is 5.84. The molecule has 0 aliphatic carbocycles. The van der Waals surface area contributed by atoms with Gasteiger partial charge in [-0.05, 0) is 67.6 Å². The maximum atomic E-state index is 13.5. The van der Waals surface area contributed by atoms with Crippen molar-refractivity contribution < 1.29 is 45.0 Å². The molecule has 2 aliphatic heterocycles. The highest BCUT2D eigenvalue weighted by molar-refractivity contribution is 5.89. The summed E-state index contributed by atoms with van der Waals surface area (Å²) in [6, 6.07) is 13.7. The molecule has 0 spiro atoms. The molecule has 0 aromatic heterocycles. The number of methoxy groups -OCH3 is 1. The van der Waals surface area contributed by atoms with Crippen LogP contribution in [0.1, 0.15) is 41.6 Å². The molecule has 2 saturated heterocycles. The zero-order valence-corrected chi connectivity index (χ0v) is 20.4. The van der Waals surface area contributed by atoms with E-state index in [1.807, 2.05) is 12.1 Å². The van der Waals surface area contributed by atoms with Crippen LogP contribution >= 0.6 is 0 Å². The number of benzene rings is 2. The molecule has 208 valence electrons. The molecular weight excluding hydrogens is 521 g/mol. The summed E-state index contributed by atoms with van der Waals surface area (Å²) in [6.45, 7) is -1.35. The summed E-state index contributed by atoms with van der Waals surface area (Å²) in [5.74, 6) is -12.3. The van der Waals surface area contributed by atoms with Crippen molar-refractivity contribution in [2.24, 2.45) is 0 Å². The smallest absolute Gasteiger partial charge is 0.460 e. The molecular formula is C26H27F7N2O3. The summed E-state index contributed by atoms with van der Waals surface area (Å²) in [6.07, 6.45) is -2.56. The molecule has 5 nitrogen and oxygen atoms in total. The minimum Gasteiger partial charge on any atom is -0.487 e. The summed E-state index contributed by atoms with van der Waals surface area (Å²) < 4.78 is 99.0. The highest BCUT2D eigenvalue weighted by Crippen LogP contribution is 2.46. The lowest BCUT2D eigenvalue weighted by Crippen LogP contribution is -2.54. The lowest BCUT2D eigenvalue weighted by molar-refractivity contribution is -0.358. The first-order valence-electron chi connectivity index (χ1n) is 12.1. The normalized spacial score (nSPS) is 22.3. The van der Waals surface area contributed by atoms with E-state index in [4.69, 9.17) is 4.74 Å². The van der Waals surface area contributed by atoms with Crippen molar-refractivity contribution >= 4 is 11.7 Å². The Morgan fingerprint density at radius 2 is 1.50 bits per heavy atom. The molecule has 38 heavy (non-hydrogen) atoms. The first-order chi connectivity index (χ1) is 17.8. The van der Waals surface area contributed by atoms with Crippen LogP contribution in [0.3, 0.4) is 0 Å². The average Bonchev–Trinajstić information content (AvgIpc) is 3.09. The van der Waals surface area contributed by atoms with Gasteiger partial charge in [-0.15, -0.1) is 0 Å². The van der Waals surface area contributed by atoms with Gasteiger partial charge in [0.1, 0.15) is 5.75 Å². The monoisotopic (exact) mass is 548 g/mol. The Kier molecular flexibility index (Phi) is 7.83. The molecule has 2 bridgehead atoms. The molecule has 1 N–H and O–H groups in total. The number of nitrogens with one attached hydrogen (secondary N) is 1. The number of esters is 1. The van der Waals surface area contributed by atoms with E-state index in [0.29, 0.717) is 23.3 Å². The molecule has 2 unspecified atom stereocenters. The van der Waals surface area contributed by atoms with Crippen molar-refractivity contribution in [3.63, 3.8) is 0 Å². The molecule has 2 atom stereocenters. The number of hydrogen-bond acceptors (Lipinski definition) is 5. The SMILES string of the molecule is COC(=O)c1ccc(CN2C3CCC2CC(Nc2ccc(OCC(F)(F)C(F)(F)C(F)(F)F)cc2)C3)cc1. The summed E-state index contributed by atoms with van der Waals surface area (Å²) in [5.41, 5.74) is 2.24. The number of halogens is 7. The summed E-state index contributed by atoms with van der Waals surface area (Å²) in [7, 11) is 1.34. The molecule has 2 heterocycles. The first kappa shape index (κ1) is 28.0. The standard InChI is InChI=1S/C26H27F7N2O3/c1-37-23(36)17-4-2-16(3-5-17)14-35-20-8-9-21(35)13-19(12-20)34-18-6-10-22(11-7-18)38-15-24(27,28)25(29,30)26(31,32)33/h2-7,10-11,19-21,34H,8-9,12-15H2,1H3. The predicted octanol–water partition coefficient (Wildman–Crippen LogP) is 6.29. The average molecular weight is 548 g/mol. The second kappa shape index (κ2) is 10.6. The Morgan fingerprint density at radius 1 is 0.921 bits per heavy atom. The number of carbonyl (C=O) groups is 1. The van der Waals surface area contributed by atoms with Crippen molar-refractivity contribution in [1.82, 2.24) is 4.90 Å². The molecule has 0 saturated carbocycles. The highest BCUT2D eigenvalue weighted by Gasteiger charge is 2.73. The molecule has 0 amide bonds. The van der Waals surface area contributed by atoms with Crippen LogP contribution in [0.4, 0.5) is 36.4 Å². The van der Waals surface area contributed by atoms with Gasteiger partial charge in [0.15, 0.2) is 6.61 Å². The molecule has 2 aromatic carbocycles. The van der Waals surface area contributed by atoms with Crippen LogP contribution in [0, 0.1) is 0 Å².